The van der Waals surface area contributed by atoms with Gasteiger partial charge >= 0.3 is 0 Å². The zero-order valence-corrected chi connectivity index (χ0v) is 14.0. The van der Waals surface area contributed by atoms with E-state index in [4.69, 9.17) is 6.57 Å². The molecule has 6 nitrogen and oxygen atoms in total. The van der Waals surface area contributed by atoms with Crippen LogP contribution in [-0.4, -0.2) is 46.4 Å². The van der Waals surface area contributed by atoms with E-state index in [1.165, 1.54) is 12.5 Å². The first-order valence-corrected chi connectivity index (χ1v) is 8.07. The summed E-state index contributed by atoms with van der Waals surface area (Å²) in [5.74, 6) is 0.836. The Morgan fingerprint density at radius 1 is 1.33 bits per heavy atom. The number of piperidine rings is 1. The zero-order valence-electron chi connectivity index (χ0n) is 14.0. The molecule has 124 valence electrons. The number of hydrogen-bond acceptors (Lipinski definition) is 5. The van der Waals surface area contributed by atoms with E-state index >= 15 is 0 Å². The fourth-order valence-electron chi connectivity index (χ4n) is 3.04. The summed E-state index contributed by atoms with van der Waals surface area (Å²) in [6.45, 7) is 11.1. The quantitative estimate of drug-likeness (QED) is 0.849. The van der Waals surface area contributed by atoms with Crippen LogP contribution in [0.3, 0.4) is 0 Å². The molecule has 0 spiro atoms. The predicted octanol–water partition coefficient (Wildman–Crippen LogP) is 3.21. The molecule has 1 atom stereocenters. The number of rotatable bonds is 3. The summed E-state index contributed by atoms with van der Waals surface area (Å²) >= 11 is 0. The molecule has 0 bridgehead atoms. The monoisotopic (exact) mass is 323 g/mol. The van der Waals surface area contributed by atoms with E-state index in [9.17, 15) is 5.11 Å². The van der Waals surface area contributed by atoms with Crippen molar-refractivity contribution in [1.29, 1.82) is 0 Å². The van der Waals surface area contributed by atoms with Gasteiger partial charge in [-0.05, 0) is 51.1 Å². The van der Waals surface area contributed by atoms with Crippen LogP contribution in [0.5, 0.6) is 5.75 Å². The van der Waals surface area contributed by atoms with Gasteiger partial charge in [0.05, 0.1) is 12.3 Å². The van der Waals surface area contributed by atoms with Crippen LogP contribution in [0.2, 0.25) is 0 Å². The highest BCUT2D eigenvalue weighted by atomic mass is 16.3. The third-order valence-corrected chi connectivity index (χ3v) is 4.34. The van der Waals surface area contributed by atoms with Gasteiger partial charge in [-0.3, -0.25) is 0 Å². The first kappa shape index (κ1) is 16.2. The summed E-state index contributed by atoms with van der Waals surface area (Å²) < 4.78 is 0. The highest BCUT2D eigenvalue weighted by Crippen LogP contribution is 2.32. The molecule has 1 aromatic heterocycles. The minimum Gasteiger partial charge on any atom is -0.509 e. The summed E-state index contributed by atoms with van der Waals surface area (Å²) in [5, 5.41) is 22.1. The highest BCUT2D eigenvalue weighted by Gasteiger charge is 2.18. The van der Waals surface area contributed by atoms with Crippen molar-refractivity contribution in [3.05, 3.63) is 41.2 Å². The van der Waals surface area contributed by atoms with Crippen molar-refractivity contribution in [2.24, 2.45) is 0 Å². The Bertz CT molecular complexity index is 783. The number of benzene rings is 1. The van der Waals surface area contributed by atoms with Gasteiger partial charge in [0.2, 0.25) is 0 Å². The molecule has 0 aliphatic carbocycles. The predicted molar refractivity (Wildman–Crippen MR) is 94.3 cm³/mol. The van der Waals surface area contributed by atoms with Crippen molar-refractivity contribution < 1.29 is 5.11 Å². The number of likely N-dealkylation sites (tertiary alicyclic amines) is 1. The summed E-state index contributed by atoms with van der Waals surface area (Å²) in [6, 6.07) is 7.12. The summed E-state index contributed by atoms with van der Waals surface area (Å²) in [5.41, 5.74) is 2.58. The Morgan fingerprint density at radius 2 is 2.17 bits per heavy atom. The van der Waals surface area contributed by atoms with E-state index in [0.29, 0.717) is 23.0 Å². The zero-order chi connectivity index (χ0) is 17.1. The summed E-state index contributed by atoms with van der Waals surface area (Å²) in [7, 11) is 2.13. The second kappa shape index (κ2) is 6.85. The van der Waals surface area contributed by atoms with Gasteiger partial charge in [-0.2, -0.15) is 0 Å². The fourth-order valence-corrected chi connectivity index (χ4v) is 3.04. The van der Waals surface area contributed by atoms with Gasteiger partial charge in [0.15, 0.2) is 11.5 Å². The van der Waals surface area contributed by atoms with Crippen LogP contribution in [0, 0.1) is 13.5 Å². The van der Waals surface area contributed by atoms with Gasteiger partial charge in [-0.25, -0.2) is 4.85 Å². The molecule has 1 fully saturated rings. The molecule has 1 aliphatic heterocycles. The van der Waals surface area contributed by atoms with E-state index in [1.807, 2.05) is 13.0 Å². The second-order valence-electron chi connectivity index (χ2n) is 6.32. The number of nitrogens with one attached hydrogen (secondary N) is 1. The van der Waals surface area contributed by atoms with Gasteiger partial charge in [-0.15, -0.1) is 10.2 Å². The van der Waals surface area contributed by atoms with Gasteiger partial charge in [-0.1, -0.05) is 12.1 Å². The molecule has 0 amide bonds. The van der Waals surface area contributed by atoms with Crippen molar-refractivity contribution in [2.75, 3.05) is 25.5 Å². The van der Waals surface area contributed by atoms with Crippen LogP contribution in [0.1, 0.15) is 18.4 Å². The number of likely N-dealkylation sites (N-methyl/N-ethyl adjacent to an activating group) is 1. The Kier molecular flexibility index (Phi) is 4.63. The third kappa shape index (κ3) is 3.47. The standard InChI is InChI=1S/C18H21N5O/c1-12-9-16(15-7-6-13(19-2)10-17(15)24)21-22-18(12)20-14-5-4-8-23(3)11-14/h6-7,9-10,14,24H,4-5,8,11H2,1,3H3,(H,20,22)/t14-/m1/s1. The molecule has 2 heterocycles. The maximum atomic E-state index is 10.1. The van der Waals surface area contributed by atoms with E-state index in [-0.39, 0.29) is 5.75 Å². The lowest BCUT2D eigenvalue weighted by Crippen LogP contribution is -2.40. The van der Waals surface area contributed by atoms with Crippen LogP contribution >= 0.6 is 0 Å². The lowest BCUT2D eigenvalue weighted by Gasteiger charge is -2.30. The van der Waals surface area contributed by atoms with Crippen molar-refractivity contribution in [2.45, 2.75) is 25.8 Å². The average molecular weight is 323 g/mol. The number of phenolic OH excluding ortho intramolecular Hbond substituents is 1. The van der Waals surface area contributed by atoms with Gasteiger partial charge in [0.25, 0.3) is 0 Å². The number of phenols is 1. The molecule has 1 saturated heterocycles. The molecular weight excluding hydrogens is 302 g/mol. The second-order valence-corrected chi connectivity index (χ2v) is 6.32. The largest absolute Gasteiger partial charge is 0.509 e. The van der Waals surface area contributed by atoms with E-state index in [0.717, 1.165) is 30.9 Å². The van der Waals surface area contributed by atoms with Crippen molar-refractivity contribution in [1.82, 2.24) is 15.1 Å². The molecule has 2 N–H and O–H groups in total. The normalized spacial score (nSPS) is 18.1. The fraction of sp³-hybridized carbons (Fsp3) is 0.389. The molecule has 1 aromatic carbocycles. The smallest absolute Gasteiger partial charge is 0.190 e. The first-order chi connectivity index (χ1) is 11.6. The minimum absolute atomic E-state index is 0.0480. The number of aryl methyl sites for hydroxylation is 1. The lowest BCUT2D eigenvalue weighted by molar-refractivity contribution is 0.260. The van der Waals surface area contributed by atoms with Crippen LogP contribution in [0.25, 0.3) is 16.1 Å². The van der Waals surface area contributed by atoms with Gasteiger partial charge in [0, 0.05) is 18.2 Å². The third-order valence-electron chi connectivity index (χ3n) is 4.34. The van der Waals surface area contributed by atoms with Crippen LogP contribution in [-0.2, 0) is 0 Å². The van der Waals surface area contributed by atoms with Crippen LogP contribution in [0.4, 0.5) is 11.5 Å². The topological polar surface area (TPSA) is 65.6 Å². The highest BCUT2D eigenvalue weighted by molar-refractivity contribution is 5.71. The van der Waals surface area contributed by atoms with Crippen molar-refractivity contribution >= 4 is 11.5 Å². The summed E-state index contributed by atoms with van der Waals surface area (Å²) in [4.78, 5) is 5.62. The van der Waals surface area contributed by atoms with Crippen molar-refractivity contribution in [3.8, 4) is 17.0 Å². The van der Waals surface area contributed by atoms with Gasteiger partial charge in [0.1, 0.15) is 5.75 Å². The Hall–Kier alpha value is -2.65. The van der Waals surface area contributed by atoms with E-state index < -0.39 is 0 Å². The lowest BCUT2D eigenvalue weighted by atomic mass is 10.1. The number of hydrogen-bond donors (Lipinski definition) is 2. The van der Waals surface area contributed by atoms with Crippen molar-refractivity contribution in [3.63, 3.8) is 0 Å². The molecule has 6 heteroatoms. The SMILES string of the molecule is [C-]#[N+]c1ccc(-c2cc(C)c(N[C@@H]3CCCN(C)C3)nn2)c(O)c1. The maximum absolute atomic E-state index is 10.1. The molecule has 0 unspecified atom stereocenters. The van der Waals surface area contributed by atoms with Crippen LogP contribution < -0.4 is 5.32 Å². The minimum atomic E-state index is 0.0480. The number of aromatic hydroxyl groups is 1. The first-order valence-electron chi connectivity index (χ1n) is 8.07. The molecule has 0 saturated carbocycles. The van der Waals surface area contributed by atoms with Crippen LogP contribution in [0.15, 0.2) is 24.3 Å². The maximum Gasteiger partial charge on any atom is 0.190 e. The Labute approximate surface area is 142 Å². The molecule has 2 aromatic rings. The van der Waals surface area contributed by atoms with E-state index in [2.05, 4.69) is 32.3 Å². The molecule has 24 heavy (non-hydrogen) atoms. The van der Waals surface area contributed by atoms with Gasteiger partial charge < -0.3 is 15.3 Å². The van der Waals surface area contributed by atoms with E-state index in [1.54, 1.807) is 12.1 Å². The Morgan fingerprint density at radius 3 is 2.83 bits per heavy atom. The number of anilines is 1. The molecule has 3 rings (SSSR count). The summed E-state index contributed by atoms with van der Waals surface area (Å²) in [6.07, 6.45) is 2.31. The Balaban J connectivity index is 1.81. The average Bonchev–Trinajstić information content (AvgIpc) is 2.57. The number of aromatic nitrogens is 2. The molecule has 1 aliphatic rings. The number of nitrogens with zero attached hydrogens (tertiary/aromatic N) is 4. The molecular formula is C18H21N5O. The molecule has 0 radical (unpaired) electrons.